The largest absolute Gasteiger partial charge is 0.391 e. The van der Waals surface area contributed by atoms with Crippen molar-refractivity contribution < 1.29 is 9.90 Å². The molecule has 4 atom stereocenters. The molecule has 2 N–H and O–H groups in total. The highest BCUT2D eigenvalue weighted by atomic mass is 16.3. The predicted octanol–water partition coefficient (Wildman–Crippen LogP) is 1.41. The van der Waals surface area contributed by atoms with Crippen LogP contribution in [0.1, 0.15) is 45.4 Å². The molecule has 2 amide bonds. The summed E-state index contributed by atoms with van der Waals surface area (Å²) in [6.07, 6.45) is 6.53. The molecular weight excluding hydrogens is 266 g/mol. The molecule has 0 aromatic heterocycles. The number of piperidine rings is 3. The van der Waals surface area contributed by atoms with Gasteiger partial charge in [-0.25, -0.2) is 4.79 Å². The van der Waals surface area contributed by atoms with Crippen molar-refractivity contribution in [2.24, 2.45) is 5.92 Å². The summed E-state index contributed by atoms with van der Waals surface area (Å²) in [6.45, 7) is 3.30. The van der Waals surface area contributed by atoms with Crippen LogP contribution in [-0.2, 0) is 0 Å². The van der Waals surface area contributed by atoms with E-state index in [1.165, 1.54) is 19.3 Å². The highest BCUT2D eigenvalue weighted by Crippen LogP contribution is 2.32. The molecule has 3 saturated heterocycles. The highest BCUT2D eigenvalue weighted by Gasteiger charge is 2.37. The van der Waals surface area contributed by atoms with Crippen LogP contribution >= 0.6 is 0 Å². The average Bonchev–Trinajstić information content (AvgIpc) is 2.43. The van der Waals surface area contributed by atoms with E-state index in [1.807, 2.05) is 0 Å². The van der Waals surface area contributed by atoms with Gasteiger partial charge in [0.1, 0.15) is 0 Å². The zero-order valence-electron chi connectivity index (χ0n) is 13.3. The van der Waals surface area contributed by atoms with Crippen molar-refractivity contribution in [3.63, 3.8) is 0 Å². The first-order valence-electron chi connectivity index (χ1n) is 8.50. The van der Waals surface area contributed by atoms with Crippen LogP contribution in [0.3, 0.4) is 0 Å². The number of carbonyl (C=O) groups is 1. The minimum atomic E-state index is -0.374. The molecule has 3 aliphatic heterocycles. The normalized spacial score (nSPS) is 40.9. The molecule has 3 rings (SSSR count). The van der Waals surface area contributed by atoms with Crippen LogP contribution in [0.5, 0.6) is 0 Å². The highest BCUT2D eigenvalue weighted by molar-refractivity contribution is 5.74. The number of urea groups is 1. The fourth-order valence-corrected chi connectivity index (χ4v) is 4.23. The maximum Gasteiger partial charge on any atom is 0.317 e. The summed E-state index contributed by atoms with van der Waals surface area (Å²) in [6, 6.07) is 1.60. The van der Waals surface area contributed by atoms with Gasteiger partial charge >= 0.3 is 6.03 Å². The molecule has 3 heterocycles. The molecule has 2 bridgehead atoms. The molecule has 3 aliphatic rings. The fraction of sp³-hybridized carbons (Fsp3) is 0.938. The first-order valence-corrected chi connectivity index (χ1v) is 8.50. The summed E-state index contributed by atoms with van der Waals surface area (Å²) in [7, 11) is 2.23. The topological polar surface area (TPSA) is 55.8 Å². The summed E-state index contributed by atoms with van der Waals surface area (Å²) in [5, 5.41) is 13.2. The van der Waals surface area contributed by atoms with Crippen molar-refractivity contribution in [2.75, 3.05) is 20.1 Å². The Morgan fingerprint density at radius 2 is 1.86 bits per heavy atom. The van der Waals surface area contributed by atoms with Gasteiger partial charge in [-0.15, -0.1) is 0 Å². The van der Waals surface area contributed by atoms with Crippen molar-refractivity contribution in [3.05, 3.63) is 0 Å². The van der Waals surface area contributed by atoms with E-state index >= 15 is 0 Å². The number of fused-ring (bicyclic) bond motifs is 2. The number of rotatable bonds is 1. The number of nitrogens with one attached hydrogen (secondary N) is 1. The maximum atomic E-state index is 12.4. The lowest BCUT2D eigenvalue weighted by Gasteiger charge is -2.47. The summed E-state index contributed by atoms with van der Waals surface area (Å²) in [5.41, 5.74) is 0. The van der Waals surface area contributed by atoms with Gasteiger partial charge in [-0.2, -0.15) is 0 Å². The van der Waals surface area contributed by atoms with Crippen LogP contribution in [0.15, 0.2) is 0 Å². The minimum Gasteiger partial charge on any atom is -0.391 e. The smallest absolute Gasteiger partial charge is 0.317 e. The van der Waals surface area contributed by atoms with E-state index in [1.54, 1.807) is 4.90 Å². The molecule has 0 saturated carbocycles. The Morgan fingerprint density at radius 3 is 2.48 bits per heavy atom. The van der Waals surface area contributed by atoms with E-state index in [0.29, 0.717) is 30.6 Å². The second-order valence-corrected chi connectivity index (χ2v) is 7.30. The molecule has 0 spiro atoms. The number of hydrogen-bond donors (Lipinski definition) is 2. The molecule has 4 unspecified atom stereocenters. The molecule has 5 heteroatoms. The molecule has 0 aliphatic carbocycles. The molecule has 0 aromatic rings. The Labute approximate surface area is 127 Å². The van der Waals surface area contributed by atoms with Crippen LogP contribution in [0.4, 0.5) is 4.79 Å². The van der Waals surface area contributed by atoms with Gasteiger partial charge in [-0.3, -0.25) is 0 Å². The van der Waals surface area contributed by atoms with Crippen LogP contribution in [0.25, 0.3) is 0 Å². The number of amides is 2. The van der Waals surface area contributed by atoms with Gasteiger partial charge in [0, 0.05) is 31.2 Å². The Hall–Kier alpha value is -0.810. The number of aliphatic hydroxyl groups excluding tert-OH is 1. The van der Waals surface area contributed by atoms with Crippen molar-refractivity contribution in [2.45, 2.75) is 69.7 Å². The van der Waals surface area contributed by atoms with Crippen LogP contribution in [-0.4, -0.2) is 65.3 Å². The zero-order valence-corrected chi connectivity index (χ0v) is 13.3. The Bertz CT molecular complexity index is 376. The minimum absolute atomic E-state index is 0.0218. The Balaban J connectivity index is 1.53. The van der Waals surface area contributed by atoms with Crippen molar-refractivity contribution in [1.29, 1.82) is 0 Å². The average molecular weight is 295 g/mol. The van der Waals surface area contributed by atoms with Crippen molar-refractivity contribution >= 4 is 6.03 Å². The maximum absolute atomic E-state index is 12.4. The molecule has 0 aromatic carbocycles. The van der Waals surface area contributed by atoms with Gasteiger partial charge in [-0.1, -0.05) is 13.3 Å². The van der Waals surface area contributed by atoms with E-state index in [4.69, 9.17) is 0 Å². The first-order chi connectivity index (χ1) is 10.0. The lowest BCUT2D eigenvalue weighted by Crippen LogP contribution is -2.58. The number of aliphatic hydroxyl groups is 1. The fourth-order valence-electron chi connectivity index (χ4n) is 4.23. The van der Waals surface area contributed by atoms with Crippen molar-refractivity contribution in [1.82, 2.24) is 15.1 Å². The van der Waals surface area contributed by atoms with Gasteiger partial charge in [-0.05, 0) is 45.1 Å². The summed E-state index contributed by atoms with van der Waals surface area (Å²) < 4.78 is 0. The Morgan fingerprint density at radius 1 is 1.19 bits per heavy atom. The van der Waals surface area contributed by atoms with Crippen LogP contribution in [0.2, 0.25) is 0 Å². The molecule has 0 radical (unpaired) electrons. The third-order valence-corrected chi connectivity index (χ3v) is 5.87. The number of likely N-dealkylation sites (tertiary alicyclic amines) is 1. The number of hydrogen-bond acceptors (Lipinski definition) is 3. The molecule has 5 nitrogen and oxygen atoms in total. The Kier molecular flexibility index (Phi) is 4.41. The quantitative estimate of drug-likeness (QED) is 0.769. The van der Waals surface area contributed by atoms with E-state index in [-0.39, 0.29) is 12.1 Å². The second kappa shape index (κ2) is 6.13. The third-order valence-electron chi connectivity index (χ3n) is 5.87. The number of β-amino-alcohol motifs (C(OH)–C–C–N with tert-alkyl or cyclic N) is 1. The first kappa shape index (κ1) is 15.1. The van der Waals surface area contributed by atoms with Gasteiger partial charge in [0.2, 0.25) is 0 Å². The predicted molar refractivity (Wildman–Crippen MR) is 82.1 cm³/mol. The monoisotopic (exact) mass is 295 g/mol. The third kappa shape index (κ3) is 3.19. The van der Waals surface area contributed by atoms with E-state index in [0.717, 1.165) is 25.8 Å². The molecular formula is C16H29N3O2. The SMILES string of the molecule is CC1CCN(C(=O)NC2CC3CCCC(C2)N3C)CC1O. The van der Waals surface area contributed by atoms with Gasteiger partial charge < -0.3 is 20.2 Å². The summed E-state index contributed by atoms with van der Waals surface area (Å²) in [5.74, 6) is 0.303. The van der Waals surface area contributed by atoms with E-state index < -0.39 is 0 Å². The van der Waals surface area contributed by atoms with Crippen LogP contribution < -0.4 is 5.32 Å². The van der Waals surface area contributed by atoms with Crippen LogP contribution in [0, 0.1) is 5.92 Å². The standard InChI is InChI=1S/C16H29N3O2/c1-11-6-7-19(10-15(11)20)16(21)17-12-8-13-4-3-5-14(9-12)18(13)2/h11-15,20H,3-10H2,1-2H3,(H,17,21). The number of carbonyl (C=O) groups excluding carboxylic acids is 1. The lowest BCUT2D eigenvalue weighted by molar-refractivity contribution is 0.0345. The second-order valence-electron chi connectivity index (χ2n) is 7.30. The summed E-state index contributed by atoms with van der Waals surface area (Å²) >= 11 is 0. The van der Waals surface area contributed by atoms with Gasteiger partial charge in [0.05, 0.1) is 6.10 Å². The molecule has 21 heavy (non-hydrogen) atoms. The van der Waals surface area contributed by atoms with Crippen molar-refractivity contribution in [3.8, 4) is 0 Å². The lowest BCUT2D eigenvalue weighted by atomic mass is 9.82. The zero-order chi connectivity index (χ0) is 15.0. The van der Waals surface area contributed by atoms with E-state index in [9.17, 15) is 9.90 Å². The van der Waals surface area contributed by atoms with Gasteiger partial charge in [0.15, 0.2) is 0 Å². The molecule has 120 valence electrons. The summed E-state index contributed by atoms with van der Waals surface area (Å²) in [4.78, 5) is 16.7. The molecule has 3 fully saturated rings. The van der Waals surface area contributed by atoms with E-state index in [2.05, 4.69) is 24.2 Å². The number of nitrogens with zero attached hydrogens (tertiary/aromatic N) is 2. The van der Waals surface area contributed by atoms with Gasteiger partial charge in [0.25, 0.3) is 0 Å².